The topological polar surface area (TPSA) is 99.3 Å². The zero-order valence-electron chi connectivity index (χ0n) is 16.2. The maximum atomic E-state index is 12.8. The van der Waals surface area contributed by atoms with Crippen LogP contribution in [0.1, 0.15) is 18.1 Å². The summed E-state index contributed by atoms with van der Waals surface area (Å²) in [7, 11) is -4.01. The standard InChI is InChI=1S/C19H20ClF3N4O3S/c1-11-16(17(28)24-10-12-2-4-13(5-3-12)19(21,22)23)18(26-25-11)31(29,30)27-15-8-6-14(20)7-9-15/h2-9,11,16,18,25-27H,10H2,1H3,(H,24,28). The molecule has 0 saturated carbocycles. The predicted octanol–water partition coefficient (Wildman–Crippen LogP) is 2.86. The van der Waals surface area contributed by atoms with Crippen LogP contribution in [-0.2, 0) is 27.5 Å². The molecule has 0 bridgehead atoms. The average molecular weight is 477 g/mol. The molecular formula is C19H20ClF3N4O3S. The molecule has 2 aromatic carbocycles. The van der Waals surface area contributed by atoms with Crippen molar-refractivity contribution in [3.05, 3.63) is 64.7 Å². The van der Waals surface area contributed by atoms with Gasteiger partial charge in [0.2, 0.25) is 5.91 Å². The van der Waals surface area contributed by atoms with Gasteiger partial charge in [0.05, 0.1) is 11.5 Å². The van der Waals surface area contributed by atoms with Crippen molar-refractivity contribution in [3.63, 3.8) is 0 Å². The van der Waals surface area contributed by atoms with Crippen molar-refractivity contribution in [3.8, 4) is 0 Å². The minimum Gasteiger partial charge on any atom is -0.352 e. The van der Waals surface area contributed by atoms with Gasteiger partial charge in [0.15, 0.2) is 5.37 Å². The molecular weight excluding hydrogens is 457 g/mol. The fourth-order valence-corrected chi connectivity index (χ4v) is 4.84. The molecule has 31 heavy (non-hydrogen) atoms. The van der Waals surface area contributed by atoms with Gasteiger partial charge in [-0.05, 0) is 48.9 Å². The number of rotatable bonds is 6. The SMILES string of the molecule is CC1NNC(S(=O)(=O)Nc2ccc(Cl)cc2)C1C(=O)NCc1ccc(C(F)(F)F)cc1. The van der Waals surface area contributed by atoms with Crippen LogP contribution < -0.4 is 20.9 Å². The van der Waals surface area contributed by atoms with E-state index in [2.05, 4.69) is 20.9 Å². The third kappa shape index (κ3) is 5.67. The van der Waals surface area contributed by atoms with E-state index in [1.54, 1.807) is 6.92 Å². The van der Waals surface area contributed by atoms with E-state index in [0.717, 1.165) is 12.1 Å². The molecule has 12 heteroatoms. The van der Waals surface area contributed by atoms with E-state index in [0.29, 0.717) is 10.6 Å². The van der Waals surface area contributed by atoms with Crippen LogP contribution in [0.4, 0.5) is 18.9 Å². The molecule has 3 unspecified atom stereocenters. The fourth-order valence-electron chi connectivity index (χ4n) is 3.15. The van der Waals surface area contributed by atoms with E-state index in [9.17, 15) is 26.4 Å². The summed E-state index contributed by atoms with van der Waals surface area (Å²) in [6.45, 7) is 1.60. The van der Waals surface area contributed by atoms with Gasteiger partial charge in [0.1, 0.15) is 0 Å². The lowest BCUT2D eigenvalue weighted by molar-refractivity contribution is -0.137. The number of nitrogens with one attached hydrogen (secondary N) is 4. The monoisotopic (exact) mass is 476 g/mol. The van der Waals surface area contributed by atoms with Gasteiger partial charge < -0.3 is 5.32 Å². The van der Waals surface area contributed by atoms with Crippen molar-refractivity contribution in [1.82, 2.24) is 16.2 Å². The minimum atomic E-state index is -4.45. The van der Waals surface area contributed by atoms with Crippen LogP contribution in [0, 0.1) is 5.92 Å². The van der Waals surface area contributed by atoms with Crippen LogP contribution in [0.25, 0.3) is 0 Å². The Hall–Kier alpha value is -2.34. The third-order valence-electron chi connectivity index (χ3n) is 4.81. The van der Waals surface area contributed by atoms with Gasteiger partial charge in [-0.1, -0.05) is 23.7 Å². The summed E-state index contributed by atoms with van der Waals surface area (Å²) in [6, 6.07) is 9.88. The molecule has 1 heterocycles. The summed E-state index contributed by atoms with van der Waals surface area (Å²) in [4.78, 5) is 12.7. The molecule has 0 aliphatic carbocycles. The Kier molecular flexibility index (Phi) is 6.79. The Bertz CT molecular complexity index is 1030. The summed E-state index contributed by atoms with van der Waals surface area (Å²) >= 11 is 5.80. The second-order valence-electron chi connectivity index (χ2n) is 7.09. The molecule has 0 aromatic heterocycles. The molecule has 0 spiro atoms. The number of halogens is 4. The first-order chi connectivity index (χ1) is 14.5. The smallest absolute Gasteiger partial charge is 0.352 e. The summed E-state index contributed by atoms with van der Waals surface area (Å²) < 4.78 is 66.0. The van der Waals surface area contributed by atoms with Crippen molar-refractivity contribution in [2.75, 3.05) is 4.72 Å². The molecule has 4 N–H and O–H groups in total. The molecule has 168 valence electrons. The minimum absolute atomic E-state index is 0.0441. The van der Waals surface area contributed by atoms with Crippen molar-refractivity contribution >= 4 is 33.2 Å². The highest BCUT2D eigenvalue weighted by Crippen LogP contribution is 2.29. The summed E-state index contributed by atoms with van der Waals surface area (Å²) in [6.07, 6.45) is -4.45. The number of alkyl halides is 3. The second kappa shape index (κ2) is 9.03. The fraction of sp³-hybridized carbons (Fsp3) is 0.316. The normalized spacial score (nSPS) is 21.6. The highest BCUT2D eigenvalue weighted by Gasteiger charge is 2.46. The molecule has 1 aliphatic rings. The first kappa shape index (κ1) is 23.3. The Morgan fingerprint density at radius 3 is 2.26 bits per heavy atom. The number of amides is 1. The van der Waals surface area contributed by atoms with Gasteiger partial charge in [0.25, 0.3) is 10.0 Å². The molecule has 7 nitrogen and oxygen atoms in total. The number of carbonyl (C=O) groups excluding carboxylic acids is 1. The quantitative estimate of drug-likeness (QED) is 0.514. The summed E-state index contributed by atoms with van der Waals surface area (Å²) in [5.41, 5.74) is 5.31. The van der Waals surface area contributed by atoms with E-state index in [1.807, 2.05) is 0 Å². The van der Waals surface area contributed by atoms with E-state index in [-0.39, 0.29) is 12.2 Å². The van der Waals surface area contributed by atoms with Gasteiger partial charge in [-0.3, -0.25) is 14.9 Å². The highest BCUT2D eigenvalue weighted by molar-refractivity contribution is 7.93. The Morgan fingerprint density at radius 2 is 1.68 bits per heavy atom. The maximum absolute atomic E-state index is 12.8. The molecule has 2 aromatic rings. The van der Waals surface area contributed by atoms with Gasteiger partial charge in [-0.25, -0.2) is 13.8 Å². The lowest BCUT2D eigenvalue weighted by atomic mass is 10.0. The zero-order valence-corrected chi connectivity index (χ0v) is 17.8. The average Bonchev–Trinajstić information content (AvgIpc) is 3.10. The van der Waals surface area contributed by atoms with Crippen LogP contribution in [0.2, 0.25) is 5.02 Å². The highest BCUT2D eigenvalue weighted by atomic mass is 35.5. The van der Waals surface area contributed by atoms with E-state index in [1.165, 1.54) is 36.4 Å². The second-order valence-corrected chi connectivity index (χ2v) is 9.33. The number of carbonyl (C=O) groups is 1. The molecule has 1 saturated heterocycles. The lowest BCUT2D eigenvalue weighted by Gasteiger charge is -2.21. The van der Waals surface area contributed by atoms with Gasteiger partial charge in [-0.15, -0.1) is 0 Å². The Morgan fingerprint density at radius 1 is 1.06 bits per heavy atom. The van der Waals surface area contributed by atoms with E-state index < -0.39 is 45.0 Å². The molecule has 0 radical (unpaired) electrons. The Labute approximate surface area is 182 Å². The largest absolute Gasteiger partial charge is 0.416 e. The first-order valence-electron chi connectivity index (χ1n) is 9.19. The third-order valence-corrected chi connectivity index (χ3v) is 6.66. The van der Waals surface area contributed by atoms with Crippen LogP contribution in [-0.4, -0.2) is 25.7 Å². The molecule has 3 atom stereocenters. The molecule has 1 amide bonds. The number of hydrazine groups is 1. The van der Waals surface area contributed by atoms with Gasteiger partial charge in [0, 0.05) is 23.3 Å². The van der Waals surface area contributed by atoms with Gasteiger partial charge >= 0.3 is 6.18 Å². The van der Waals surface area contributed by atoms with Crippen molar-refractivity contribution in [1.29, 1.82) is 0 Å². The van der Waals surface area contributed by atoms with Crippen molar-refractivity contribution < 1.29 is 26.4 Å². The number of benzene rings is 2. The van der Waals surface area contributed by atoms with Crippen LogP contribution in [0.3, 0.4) is 0 Å². The lowest BCUT2D eigenvalue weighted by Crippen LogP contribution is -2.47. The van der Waals surface area contributed by atoms with Gasteiger partial charge in [-0.2, -0.15) is 13.2 Å². The predicted molar refractivity (Wildman–Crippen MR) is 110 cm³/mol. The van der Waals surface area contributed by atoms with E-state index in [4.69, 9.17) is 11.6 Å². The summed E-state index contributed by atoms with van der Waals surface area (Å²) in [5.74, 6) is -1.55. The molecule has 1 fully saturated rings. The van der Waals surface area contributed by atoms with Crippen molar-refractivity contribution in [2.45, 2.75) is 31.1 Å². The number of sulfonamides is 1. The molecule has 3 rings (SSSR count). The number of anilines is 1. The Balaban J connectivity index is 1.68. The first-order valence-corrected chi connectivity index (χ1v) is 11.1. The maximum Gasteiger partial charge on any atom is 0.416 e. The zero-order chi connectivity index (χ0) is 22.8. The van der Waals surface area contributed by atoms with Crippen LogP contribution >= 0.6 is 11.6 Å². The van der Waals surface area contributed by atoms with E-state index >= 15 is 0 Å². The van der Waals surface area contributed by atoms with Crippen LogP contribution in [0.15, 0.2) is 48.5 Å². The van der Waals surface area contributed by atoms with Crippen LogP contribution in [0.5, 0.6) is 0 Å². The number of hydrogen-bond acceptors (Lipinski definition) is 5. The summed E-state index contributed by atoms with van der Waals surface area (Å²) in [5, 5.41) is 1.76. The molecule has 1 aliphatic heterocycles. The number of hydrogen-bond donors (Lipinski definition) is 4. The van der Waals surface area contributed by atoms with Crippen molar-refractivity contribution in [2.24, 2.45) is 5.92 Å².